The summed E-state index contributed by atoms with van der Waals surface area (Å²) in [5.74, 6) is 0.604. The lowest BCUT2D eigenvalue weighted by Crippen LogP contribution is -2.13. The molecule has 7 nitrogen and oxygen atoms in total. The van der Waals surface area contributed by atoms with Crippen molar-refractivity contribution in [1.82, 2.24) is 15.0 Å². The molecule has 0 saturated carbocycles. The highest BCUT2D eigenvalue weighted by Crippen LogP contribution is 2.25. The normalized spacial score (nSPS) is 11.5. The number of amides is 1. The van der Waals surface area contributed by atoms with Crippen molar-refractivity contribution < 1.29 is 13.2 Å². The number of carbonyl (C=O) groups is 1. The molecule has 0 saturated heterocycles. The van der Waals surface area contributed by atoms with Crippen LogP contribution in [0, 0.1) is 0 Å². The third-order valence-electron chi connectivity index (χ3n) is 4.20. The highest BCUT2D eigenvalue weighted by Gasteiger charge is 2.16. The zero-order valence-corrected chi connectivity index (χ0v) is 15.7. The van der Waals surface area contributed by atoms with Crippen molar-refractivity contribution in [2.75, 3.05) is 11.6 Å². The maximum absolute atomic E-state index is 12.7. The summed E-state index contributed by atoms with van der Waals surface area (Å²) in [4.78, 5) is 24.7. The molecule has 0 fully saturated rings. The summed E-state index contributed by atoms with van der Waals surface area (Å²) in [6, 6.07) is 17.0. The van der Waals surface area contributed by atoms with Gasteiger partial charge in [-0.25, -0.2) is 18.4 Å². The summed E-state index contributed by atoms with van der Waals surface area (Å²) < 4.78 is 23.6. The minimum atomic E-state index is -3.33. The van der Waals surface area contributed by atoms with E-state index in [4.69, 9.17) is 0 Å². The zero-order chi connectivity index (χ0) is 19.7. The van der Waals surface area contributed by atoms with Crippen molar-refractivity contribution in [1.29, 1.82) is 0 Å². The van der Waals surface area contributed by atoms with Crippen LogP contribution in [0.3, 0.4) is 0 Å². The van der Waals surface area contributed by atoms with E-state index < -0.39 is 9.84 Å². The smallest absolute Gasteiger partial charge is 0.259 e. The van der Waals surface area contributed by atoms with Crippen LogP contribution in [0.15, 0.2) is 71.8 Å². The summed E-state index contributed by atoms with van der Waals surface area (Å²) in [5.41, 5.74) is 2.18. The summed E-state index contributed by atoms with van der Waals surface area (Å²) >= 11 is 0. The molecule has 2 aromatic heterocycles. The molecule has 0 bridgehead atoms. The third kappa shape index (κ3) is 3.49. The van der Waals surface area contributed by atoms with Gasteiger partial charge in [0.05, 0.1) is 16.0 Å². The van der Waals surface area contributed by atoms with Gasteiger partial charge < -0.3 is 10.3 Å². The van der Waals surface area contributed by atoms with E-state index in [2.05, 4.69) is 20.3 Å². The van der Waals surface area contributed by atoms with Gasteiger partial charge in [0.1, 0.15) is 17.2 Å². The molecule has 0 aliphatic heterocycles. The van der Waals surface area contributed by atoms with Gasteiger partial charge >= 0.3 is 0 Å². The van der Waals surface area contributed by atoms with E-state index in [-0.39, 0.29) is 10.8 Å². The molecule has 0 unspecified atom stereocenters. The highest BCUT2D eigenvalue weighted by molar-refractivity contribution is 7.90. The number of aromatic nitrogens is 3. The Hall–Kier alpha value is -3.52. The van der Waals surface area contributed by atoms with E-state index in [1.165, 1.54) is 6.07 Å². The van der Waals surface area contributed by atoms with Gasteiger partial charge in [-0.3, -0.25) is 4.79 Å². The average molecular weight is 392 g/mol. The fraction of sp³-hybridized carbons (Fsp3) is 0.0500. The number of nitrogens with zero attached hydrogens (tertiary/aromatic N) is 2. The standard InChI is InChI=1S/C20H16N4O3S/c1-28(26,27)14-7-4-6-13(12-14)19-22-16-9-5-8-15(18(16)24-19)20(25)23-17-10-2-3-11-21-17/h2-12H,1H3,(H,22,24)(H,21,23,25). The molecule has 0 aliphatic rings. The Morgan fingerprint density at radius 1 is 1.04 bits per heavy atom. The van der Waals surface area contributed by atoms with Gasteiger partial charge in [-0.1, -0.05) is 24.3 Å². The van der Waals surface area contributed by atoms with E-state index in [9.17, 15) is 13.2 Å². The van der Waals surface area contributed by atoms with Crippen LogP contribution in [0.25, 0.3) is 22.4 Å². The van der Waals surface area contributed by atoms with Gasteiger partial charge in [-0.2, -0.15) is 0 Å². The Balaban J connectivity index is 1.75. The van der Waals surface area contributed by atoms with Crippen molar-refractivity contribution in [2.45, 2.75) is 4.90 Å². The number of carbonyl (C=O) groups excluding carboxylic acids is 1. The first-order valence-electron chi connectivity index (χ1n) is 8.43. The topological polar surface area (TPSA) is 105 Å². The lowest BCUT2D eigenvalue weighted by molar-refractivity contribution is 0.102. The maximum atomic E-state index is 12.7. The number of para-hydroxylation sites is 1. The molecule has 28 heavy (non-hydrogen) atoms. The van der Waals surface area contributed by atoms with Crippen LogP contribution < -0.4 is 5.32 Å². The lowest BCUT2D eigenvalue weighted by atomic mass is 10.1. The predicted octanol–water partition coefficient (Wildman–Crippen LogP) is 3.28. The Bertz CT molecular complexity index is 1280. The van der Waals surface area contributed by atoms with Crippen LogP contribution in [-0.4, -0.2) is 35.5 Å². The number of aromatic amines is 1. The van der Waals surface area contributed by atoms with Gasteiger partial charge in [0.25, 0.3) is 5.91 Å². The molecule has 0 spiro atoms. The highest BCUT2D eigenvalue weighted by atomic mass is 32.2. The second-order valence-corrected chi connectivity index (χ2v) is 8.27. The number of nitrogens with one attached hydrogen (secondary N) is 2. The van der Waals surface area contributed by atoms with Crippen LogP contribution in [0.2, 0.25) is 0 Å². The zero-order valence-electron chi connectivity index (χ0n) is 14.9. The molecule has 4 aromatic rings. The van der Waals surface area contributed by atoms with Crippen LogP contribution >= 0.6 is 0 Å². The molecule has 2 N–H and O–H groups in total. The number of fused-ring (bicyclic) bond motifs is 1. The molecule has 8 heteroatoms. The van der Waals surface area contributed by atoms with E-state index in [1.54, 1.807) is 54.7 Å². The first kappa shape index (κ1) is 17.9. The monoisotopic (exact) mass is 392 g/mol. The molecule has 0 aliphatic carbocycles. The van der Waals surface area contributed by atoms with Crippen LogP contribution in [0.1, 0.15) is 10.4 Å². The van der Waals surface area contributed by atoms with Crippen molar-refractivity contribution in [3.63, 3.8) is 0 Å². The average Bonchev–Trinajstić information content (AvgIpc) is 3.12. The van der Waals surface area contributed by atoms with Crippen LogP contribution in [-0.2, 0) is 9.84 Å². The maximum Gasteiger partial charge on any atom is 0.259 e. The molecule has 2 aromatic carbocycles. The number of anilines is 1. The summed E-state index contributed by atoms with van der Waals surface area (Å²) in [6.07, 6.45) is 2.75. The molecule has 2 heterocycles. The van der Waals surface area contributed by atoms with Crippen molar-refractivity contribution >= 4 is 32.6 Å². The SMILES string of the molecule is CS(=O)(=O)c1cccc(-c2nc3c(C(=O)Nc4ccccn4)cccc3[nH]2)c1. The van der Waals surface area contributed by atoms with Crippen LogP contribution in [0.4, 0.5) is 5.82 Å². The largest absolute Gasteiger partial charge is 0.338 e. The molecule has 4 rings (SSSR count). The van der Waals surface area contributed by atoms with Crippen molar-refractivity contribution in [2.24, 2.45) is 0 Å². The Morgan fingerprint density at radius 3 is 2.61 bits per heavy atom. The van der Waals surface area contributed by atoms with Gasteiger partial charge in [-0.05, 0) is 36.4 Å². The summed E-state index contributed by atoms with van der Waals surface area (Å²) in [7, 11) is -3.33. The van der Waals surface area contributed by atoms with E-state index in [1.807, 2.05) is 6.07 Å². The van der Waals surface area contributed by atoms with E-state index >= 15 is 0 Å². The van der Waals surface area contributed by atoms with Crippen molar-refractivity contribution in [3.05, 3.63) is 72.4 Å². The Labute approximate surface area is 161 Å². The van der Waals surface area contributed by atoms with Gasteiger partial charge in [-0.15, -0.1) is 0 Å². The first-order chi connectivity index (χ1) is 13.4. The third-order valence-corrected chi connectivity index (χ3v) is 5.31. The number of hydrogen-bond donors (Lipinski definition) is 2. The summed E-state index contributed by atoms with van der Waals surface area (Å²) in [5, 5.41) is 2.75. The fourth-order valence-electron chi connectivity index (χ4n) is 2.85. The number of imidazole rings is 1. The first-order valence-corrected chi connectivity index (χ1v) is 10.3. The number of sulfone groups is 1. The number of H-pyrrole nitrogens is 1. The lowest BCUT2D eigenvalue weighted by Gasteiger charge is -2.04. The minimum Gasteiger partial charge on any atom is -0.338 e. The van der Waals surface area contributed by atoms with Gasteiger partial charge in [0.15, 0.2) is 9.84 Å². The van der Waals surface area contributed by atoms with Gasteiger partial charge in [0.2, 0.25) is 0 Å². The molecular weight excluding hydrogens is 376 g/mol. The molecular formula is C20H16N4O3S. The molecule has 0 radical (unpaired) electrons. The second-order valence-electron chi connectivity index (χ2n) is 6.26. The number of rotatable bonds is 4. The summed E-state index contributed by atoms with van der Waals surface area (Å²) in [6.45, 7) is 0. The Kier molecular flexibility index (Phi) is 4.40. The molecule has 140 valence electrons. The quantitative estimate of drug-likeness (QED) is 0.554. The number of pyridine rings is 1. The molecule has 1 amide bonds. The molecule has 0 atom stereocenters. The van der Waals surface area contributed by atoms with Crippen molar-refractivity contribution in [3.8, 4) is 11.4 Å². The minimum absolute atomic E-state index is 0.207. The number of benzene rings is 2. The van der Waals surface area contributed by atoms with E-state index in [0.29, 0.717) is 33.8 Å². The van der Waals surface area contributed by atoms with Crippen LogP contribution in [0.5, 0.6) is 0 Å². The predicted molar refractivity (Wildman–Crippen MR) is 107 cm³/mol. The van der Waals surface area contributed by atoms with Gasteiger partial charge in [0, 0.05) is 18.0 Å². The van der Waals surface area contributed by atoms with E-state index in [0.717, 1.165) is 6.26 Å². The second kappa shape index (κ2) is 6.90. The fourth-order valence-corrected chi connectivity index (χ4v) is 3.51. The number of hydrogen-bond acceptors (Lipinski definition) is 5. The Morgan fingerprint density at radius 2 is 1.86 bits per heavy atom.